The van der Waals surface area contributed by atoms with Gasteiger partial charge >= 0.3 is 0 Å². The molecule has 170 valence electrons. The fraction of sp³-hybridized carbons (Fsp3) is 0.409. The number of hydrogen-bond donors (Lipinski definition) is 1. The third-order valence-corrected chi connectivity index (χ3v) is 7.86. The molecule has 2 aromatic rings. The van der Waals surface area contributed by atoms with Crippen LogP contribution in [0.4, 0.5) is 5.69 Å². The lowest BCUT2D eigenvalue weighted by molar-refractivity contribution is 0.102. The number of sulfone groups is 1. The lowest BCUT2D eigenvalue weighted by Gasteiger charge is -2.22. The van der Waals surface area contributed by atoms with Crippen LogP contribution in [0.2, 0.25) is 0 Å². The molecule has 0 fully saturated rings. The molecule has 0 aromatic heterocycles. The largest absolute Gasteiger partial charge is 0.322 e. The zero-order valence-corrected chi connectivity index (χ0v) is 19.8. The van der Waals surface area contributed by atoms with E-state index in [2.05, 4.69) is 5.32 Å². The van der Waals surface area contributed by atoms with Crippen LogP contribution in [0, 0.1) is 0 Å². The number of unbranched alkanes of at least 4 members (excludes halogenated alkanes) is 2. The highest BCUT2D eigenvalue weighted by molar-refractivity contribution is 7.90. The molecular formula is C22H30N2O5S2. The Balaban J connectivity index is 2.14. The zero-order valence-electron chi connectivity index (χ0n) is 18.2. The number of nitrogens with zero attached hydrogens (tertiary/aromatic N) is 1. The molecular weight excluding hydrogens is 436 g/mol. The highest BCUT2D eigenvalue weighted by Crippen LogP contribution is 2.19. The SMILES string of the molecule is CCCCN(CCCC)S(=O)(=O)c1ccc(C(=O)Nc2ccc(S(C)(=O)=O)cc2)cc1. The first-order valence-electron chi connectivity index (χ1n) is 10.3. The van der Waals surface area contributed by atoms with Gasteiger partial charge in [0, 0.05) is 30.6 Å². The van der Waals surface area contributed by atoms with Gasteiger partial charge in [-0.25, -0.2) is 16.8 Å². The van der Waals surface area contributed by atoms with E-state index in [-0.39, 0.29) is 9.79 Å². The van der Waals surface area contributed by atoms with E-state index in [1.54, 1.807) is 0 Å². The van der Waals surface area contributed by atoms with Gasteiger partial charge in [-0.15, -0.1) is 0 Å². The van der Waals surface area contributed by atoms with Crippen molar-refractivity contribution in [2.45, 2.75) is 49.3 Å². The maximum atomic E-state index is 13.0. The Morgan fingerprint density at radius 3 is 1.74 bits per heavy atom. The molecule has 0 aliphatic carbocycles. The van der Waals surface area contributed by atoms with Gasteiger partial charge in [0.05, 0.1) is 9.79 Å². The maximum absolute atomic E-state index is 13.0. The van der Waals surface area contributed by atoms with Gasteiger partial charge in [0.2, 0.25) is 10.0 Å². The summed E-state index contributed by atoms with van der Waals surface area (Å²) in [6.45, 7) is 4.99. The number of sulfonamides is 1. The van der Waals surface area contributed by atoms with E-state index in [0.717, 1.165) is 31.9 Å². The zero-order chi connectivity index (χ0) is 23.1. The average molecular weight is 467 g/mol. The average Bonchev–Trinajstić information content (AvgIpc) is 2.73. The Hall–Kier alpha value is -2.23. The highest BCUT2D eigenvalue weighted by atomic mass is 32.2. The molecule has 0 spiro atoms. The van der Waals surface area contributed by atoms with Crippen LogP contribution in [-0.4, -0.2) is 46.4 Å². The van der Waals surface area contributed by atoms with Crippen molar-refractivity contribution in [3.05, 3.63) is 54.1 Å². The van der Waals surface area contributed by atoms with Crippen molar-refractivity contribution in [3.8, 4) is 0 Å². The summed E-state index contributed by atoms with van der Waals surface area (Å²) in [6.07, 6.45) is 4.51. The molecule has 0 saturated heterocycles. The van der Waals surface area contributed by atoms with E-state index in [0.29, 0.717) is 24.3 Å². The summed E-state index contributed by atoms with van der Waals surface area (Å²) in [7, 11) is -6.93. The summed E-state index contributed by atoms with van der Waals surface area (Å²) < 4.78 is 50.6. The first-order chi connectivity index (χ1) is 14.6. The van der Waals surface area contributed by atoms with Crippen LogP contribution in [0.15, 0.2) is 58.3 Å². The normalized spacial score (nSPS) is 12.1. The van der Waals surface area contributed by atoms with Crippen molar-refractivity contribution in [2.75, 3.05) is 24.7 Å². The van der Waals surface area contributed by atoms with Crippen LogP contribution in [0.5, 0.6) is 0 Å². The molecule has 2 rings (SSSR count). The maximum Gasteiger partial charge on any atom is 0.255 e. The number of carbonyl (C=O) groups is 1. The molecule has 7 nitrogen and oxygen atoms in total. The predicted octanol–water partition coefficient (Wildman–Crippen LogP) is 3.93. The van der Waals surface area contributed by atoms with Crippen LogP contribution in [-0.2, 0) is 19.9 Å². The highest BCUT2D eigenvalue weighted by Gasteiger charge is 2.23. The second-order valence-electron chi connectivity index (χ2n) is 7.39. The molecule has 1 N–H and O–H groups in total. The van der Waals surface area contributed by atoms with E-state index in [1.165, 1.54) is 52.8 Å². The van der Waals surface area contributed by atoms with E-state index in [9.17, 15) is 21.6 Å². The van der Waals surface area contributed by atoms with E-state index in [1.807, 2.05) is 13.8 Å². The van der Waals surface area contributed by atoms with Gasteiger partial charge in [-0.05, 0) is 61.4 Å². The fourth-order valence-electron chi connectivity index (χ4n) is 2.94. The van der Waals surface area contributed by atoms with Gasteiger partial charge in [-0.2, -0.15) is 4.31 Å². The Labute approximate surface area is 185 Å². The van der Waals surface area contributed by atoms with Crippen LogP contribution in [0.25, 0.3) is 0 Å². The van der Waals surface area contributed by atoms with Crippen molar-refractivity contribution >= 4 is 31.5 Å². The molecule has 0 aliphatic rings. The lowest BCUT2D eigenvalue weighted by Crippen LogP contribution is -2.33. The number of rotatable bonds is 11. The summed E-state index contributed by atoms with van der Waals surface area (Å²) in [5.41, 5.74) is 0.749. The standard InChI is InChI=1S/C22H30N2O5S2/c1-4-6-16-24(17-7-5-2)31(28,29)21-12-8-18(9-13-21)22(25)23-19-10-14-20(15-11-19)30(3,26)27/h8-15H,4-7,16-17H2,1-3H3,(H,23,25). The third kappa shape index (κ3) is 6.88. The van der Waals surface area contributed by atoms with Gasteiger partial charge in [0.25, 0.3) is 5.91 Å². The summed E-state index contributed by atoms with van der Waals surface area (Å²) >= 11 is 0. The monoisotopic (exact) mass is 466 g/mol. The summed E-state index contributed by atoms with van der Waals surface area (Å²) in [5.74, 6) is -0.412. The number of amides is 1. The molecule has 31 heavy (non-hydrogen) atoms. The van der Waals surface area contributed by atoms with Gasteiger partial charge < -0.3 is 5.32 Å². The summed E-state index contributed by atoms with van der Waals surface area (Å²) in [5, 5.41) is 2.68. The van der Waals surface area contributed by atoms with E-state index >= 15 is 0 Å². The molecule has 0 aliphatic heterocycles. The van der Waals surface area contributed by atoms with Crippen molar-refractivity contribution in [3.63, 3.8) is 0 Å². The minimum atomic E-state index is -3.62. The van der Waals surface area contributed by atoms with Crippen molar-refractivity contribution in [1.82, 2.24) is 4.31 Å². The van der Waals surface area contributed by atoms with E-state index < -0.39 is 25.8 Å². The first kappa shape index (κ1) is 25.0. The number of carbonyl (C=O) groups excluding carboxylic acids is 1. The predicted molar refractivity (Wildman–Crippen MR) is 123 cm³/mol. The molecule has 0 saturated carbocycles. The molecule has 2 aromatic carbocycles. The minimum absolute atomic E-state index is 0.161. The number of anilines is 1. The fourth-order valence-corrected chi connectivity index (χ4v) is 5.08. The molecule has 0 heterocycles. The number of benzene rings is 2. The minimum Gasteiger partial charge on any atom is -0.322 e. The van der Waals surface area contributed by atoms with Crippen LogP contribution in [0.1, 0.15) is 49.9 Å². The van der Waals surface area contributed by atoms with Crippen LogP contribution in [0.3, 0.4) is 0 Å². The number of nitrogens with one attached hydrogen (secondary N) is 1. The molecule has 0 unspecified atom stereocenters. The summed E-state index contributed by atoms with van der Waals surface area (Å²) in [6, 6.07) is 11.7. The van der Waals surface area contributed by atoms with Crippen LogP contribution < -0.4 is 5.32 Å². The number of hydrogen-bond acceptors (Lipinski definition) is 5. The molecule has 9 heteroatoms. The van der Waals surface area contributed by atoms with Crippen molar-refractivity contribution in [1.29, 1.82) is 0 Å². The van der Waals surface area contributed by atoms with E-state index in [4.69, 9.17) is 0 Å². The third-order valence-electron chi connectivity index (χ3n) is 4.82. The Bertz CT molecular complexity index is 1070. The molecule has 0 atom stereocenters. The Morgan fingerprint density at radius 2 is 1.29 bits per heavy atom. The lowest BCUT2D eigenvalue weighted by atomic mass is 10.2. The first-order valence-corrected chi connectivity index (χ1v) is 13.6. The Kier molecular flexibility index (Phi) is 8.79. The second kappa shape index (κ2) is 10.9. The van der Waals surface area contributed by atoms with Gasteiger partial charge in [0.1, 0.15) is 0 Å². The van der Waals surface area contributed by atoms with Crippen molar-refractivity contribution < 1.29 is 21.6 Å². The van der Waals surface area contributed by atoms with Gasteiger partial charge in [-0.1, -0.05) is 26.7 Å². The molecule has 0 bridgehead atoms. The topological polar surface area (TPSA) is 101 Å². The molecule has 0 radical (unpaired) electrons. The van der Waals surface area contributed by atoms with Gasteiger partial charge in [-0.3, -0.25) is 4.79 Å². The quantitative estimate of drug-likeness (QED) is 0.541. The summed E-state index contributed by atoms with van der Waals surface area (Å²) in [4.78, 5) is 12.8. The van der Waals surface area contributed by atoms with Gasteiger partial charge in [0.15, 0.2) is 9.84 Å². The molecule has 1 amide bonds. The van der Waals surface area contributed by atoms with Crippen molar-refractivity contribution in [2.24, 2.45) is 0 Å². The smallest absolute Gasteiger partial charge is 0.255 e. The second-order valence-corrected chi connectivity index (χ2v) is 11.3. The van der Waals surface area contributed by atoms with Crippen LogP contribution >= 0.6 is 0 Å². The Morgan fingerprint density at radius 1 is 0.806 bits per heavy atom.